The second kappa shape index (κ2) is 11.6. The molecular weight excluding hydrogens is 483 g/mol. The number of alkyl carbamates (subject to hydrolysis) is 1. The fraction of sp³-hybridized carbons (Fsp3) is 0.448. The molecule has 202 valence electrons. The maximum atomic E-state index is 12.7. The zero-order valence-corrected chi connectivity index (χ0v) is 23.1. The number of nitrogens with one attached hydrogen (secondary N) is 1. The zero-order chi connectivity index (χ0) is 27.4. The Balaban J connectivity index is 1.33. The third-order valence-corrected chi connectivity index (χ3v) is 7.36. The Morgan fingerprint density at radius 3 is 2.61 bits per heavy atom. The van der Waals surface area contributed by atoms with Crippen molar-refractivity contribution in [2.75, 3.05) is 24.6 Å². The summed E-state index contributed by atoms with van der Waals surface area (Å²) in [5.74, 6) is 0. The SMILES string of the molecule is CCN(CC)c1ccc2c(C)c(CCOC(=O)NCc3cccc(B4OC(C)C(C)(C)O4)c3)c(=O)oc2c1. The van der Waals surface area contributed by atoms with Gasteiger partial charge in [0.1, 0.15) is 5.58 Å². The highest BCUT2D eigenvalue weighted by atomic mass is 16.7. The fourth-order valence-electron chi connectivity index (χ4n) is 4.67. The Bertz CT molecular complexity index is 1350. The van der Waals surface area contributed by atoms with Crippen LogP contribution in [-0.4, -0.2) is 44.6 Å². The molecule has 38 heavy (non-hydrogen) atoms. The number of amides is 1. The molecule has 1 aliphatic rings. The molecule has 0 bridgehead atoms. The Morgan fingerprint density at radius 1 is 1.16 bits per heavy atom. The minimum atomic E-state index is -0.551. The van der Waals surface area contributed by atoms with Crippen LogP contribution in [0.5, 0.6) is 0 Å². The Kier molecular flexibility index (Phi) is 8.48. The molecule has 4 rings (SSSR count). The minimum Gasteiger partial charge on any atom is -0.449 e. The van der Waals surface area contributed by atoms with Crippen LogP contribution in [0.3, 0.4) is 0 Å². The van der Waals surface area contributed by atoms with Crippen molar-refractivity contribution in [3.63, 3.8) is 0 Å². The first-order chi connectivity index (χ1) is 18.1. The van der Waals surface area contributed by atoms with Crippen LogP contribution in [0, 0.1) is 6.92 Å². The summed E-state index contributed by atoms with van der Waals surface area (Å²) in [6, 6.07) is 13.7. The predicted molar refractivity (Wildman–Crippen MR) is 150 cm³/mol. The number of hydrogen-bond acceptors (Lipinski definition) is 7. The van der Waals surface area contributed by atoms with E-state index >= 15 is 0 Å². The van der Waals surface area contributed by atoms with Gasteiger partial charge in [-0.2, -0.15) is 0 Å². The first kappa shape index (κ1) is 27.7. The van der Waals surface area contributed by atoms with Gasteiger partial charge in [0.05, 0.1) is 18.3 Å². The maximum Gasteiger partial charge on any atom is 0.494 e. The van der Waals surface area contributed by atoms with Crippen LogP contribution in [0.25, 0.3) is 11.0 Å². The van der Waals surface area contributed by atoms with Crippen molar-refractivity contribution >= 4 is 35.3 Å². The van der Waals surface area contributed by atoms with Gasteiger partial charge < -0.3 is 28.7 Å². The molecule has 1 amide bonds. The van der Waals surface area contributed by atoms with E-state index in [9.17, 15) is 9.59 Å². The molecule has 9 heteroatoms. The third kappa shape index (κ3) is 6.05. The highest BCUT2D eigenvalue weighted by Crippen LogP contribution is 2.27. The molecule has 1 fully saturated rings. The average molecular weight is 520 g/mol. The van der Waals surface area contributed by atoms with Gasteiger partial charge in [-0.25, -0.2) is 9.59 Å². The molecule has 1 saturated heterocycles. The molecule has 1 aliphatic heterocycles. The van der Waals surface area contributed by atoms with Crippen LogP contribution < -0.4 is 21.3 Å². The van der Waals surface area contributed by atoms with Crippen molar-refractivity contribution in [3.05, 3.63) is 69.6 Å². The van der Waals surface area contributed by atoms with Gasteiger partial charge in [-0.1, -0.05) is 24.3 Å². The van der Waals surface area contributed by atoms with Gasteiger partial charge in [0, 0.05) is 48.8 Å². The average Bonchev–Trinajstić information content (AvgIpc) is 3.17. The molecule has 1 unspecified atom stereocenters. The van der Waals surface area contributed by atoms with Crippen LogP contribution in [0.4, 0.5) is 10.5 Å². The van der Waals surface area contributed by atoms with Crippen molar-refractivity contribution in [3.8, 4) is 0 Å². The second-order valence-corrected chi connectivity index (χ2v) is 10.2. The van der Waals surface area contributed by atoms with E-state index in [2.05, 4.69) is 24.1 Å². The number of nitrogens with zero attached hydrogens (tertiary/aromatic N) is 1. The maximum absolute atomic E-state index is 12.7. The number of anilines is 1. The number of aryl methyl sites for hydroxylation is 1. The smallest absolute Gasteiger partial charge is 0.449 e. The van der Waals surface area contributed by atoms with Crippen LogP contribution >= 0.6 is 0 Å². The molecule has 8 nitrogen and oxygen atoms in total. The molecule has 0 radical (unpaired) electrons. The highest BCUT2D eigenvalue weighted by Gasteiger charge is 2.43. The molecule has 1 N–H and O–H groups in total. The van der Waals surface area contributed by atoms with E-state index in [0.717, 1.165) is 40.8 Å². The van der Waals surface area contributed by atoms with Gasteiger partial charge in [0.15, 0.2) is 0 Å². The molecular formula is C29H37BN2O6. The largest absolute Gasteiger partial charge is 0.494 e. The first-order valence-corrected chi connectivity index (χ1v) is 13.3. The number of benzene rings is 2. The van der Waals surface area contributed by atoms with E-state index in [1.54, 1.807) is 0 Å². The van der Waals surface area contributed by atoms with Crippen LogP contribution in [0.1, 0.15) is 51.3 Å². The summed E-state index contributed by atoms with van der Waals surface area (Å²) >= 11 is 0. The summed E-state index contributed by atoms with van der Waals surface area (Å²) in [4.78, 5) is 27.2. The molecule has 3 aromatic rings. The standard InChI is InChI=1S/C29H37BN2O6/c1-7-32(8-2)23-12-13-24-19(3)25(27(33)36-26(24)17-23)14-15-35-28(34)31-18-21-10-9-11-22(16-21)30-37-20(4)29(5,6)38-30/h9-13,16-17,20H,7-8,14-15,18H2,1-6H3,(H,31,34). The van der Waals surface area contributed by atoms with E-state index < -0.39 is 18.8 Å². The lowest BCUT2D eigenvalue weighted by Gasteiger charge is -2.21. The lowest BCUT2D eigenvalue weighted by atomic mass is 9.78. The van der Waals surface area contributed by atoms with Gasteiger partial charge in [0.2, 0.25) is 0 Å². The van der Waals surface area contributed by atoms with Gasteiger partial charge in [-0.15, -0.1) is 0 Å². The molecule has 1 aromatic heterocycles. The van der Waals surface area contributed by atoms with Crippen molar-refractivity contribution in [2.45, 2.75) is 66.2 Å². The minimum absolute atomic E-state index is 0.0251. The Labute approximate surface area is 224 Å². The normalized spacial score (nSPS) is 16.6. The number of carbonyl (C=O) groups excluding carboxylic acids is 1. The quantitative estimate of drug-likeness (QED) is 0.332. The molecule has 2 aromatic carbocycles. The van der Waals surface area contributed by atoms with E-state index in [-0.39, 0.29) is 24.7 Å². The monoisotopic (exact) mass is 520 g/mol. The molecule has 0 aliphatic carbocycles. The van der Waals surface area contributed by atoms with Gasteiger partial charge in [-0.3, -0.25) is 0 Å². The summed E-state index contributed by atoms with van der Waals surface area (Å²) in [5, 5.41) is 3.65. The van der Waals surface area contributed by atoms with Crippen molar-refractivity contribution in [2.24, 2.45) is 0 Å². The van der Waals surface area contributed by atoms with E-state index in [0.29, 0.717) is 17.7 Å². The van der Waals surface area contributed by atoms with Gasteiger partial charge in [-0.05, 0) is 70.3 Å². The topological polar surface area (TPSA) is 90.2 Å². The van der Waals surface area contributed by atoms with Crippen molar-refractivity contribution in [1.82, 2.24) is 5.32 Å². The molecule has 2 heterocycles. The van der Waals surface area contributed by atoms with Crippen LogP contribution in [0.15, 0.2) is 51.7 Å². The lowest BCUT2D eigenvalue weighted by Crippen LogP contribution is -2.35. The number of rotatable bonds is 9. The number of fused-ring (bicyclic) bond motifs is 1. The Morgan fingerprint density at radius 2 is 1.92 bits per heavy atom. The van der Waals surface area contributed by atoms with Gasteiger partial charge in [0.25, 0.3) is 0 Å². The highest BCUT2D eigenvalue weighted by molar-refractivity contribution is 6.62. The van der Waals surface area contributed by atoms with E-state index in [1.165, 1.54) is 0 Å². The number of hydrogen-bond donors (Lipinski definition) is 1. The van der Waals surface area contributed by atoms with Gasteiger partial charge >= 0.3 is 18.8 Å². The van der Waals surface area contributed by atoms with E-state index in [4.69, 9.17) is 18.5 Å². The predicted octanol–water partition coefficient (Wildman–Crippen LogP) is 4.33. The Hall–Kier alpha value is -3.30. The van der Waals surface area contributed by atoms with Crippen molar-refractivity contribution in [1.29, 1.82) is 0 Å². The summed E-state index contributed by atoms with van der Waals surface area (Å²) in [6.07, 6.45) is -0.303. The lowest BCUT2D eigenvalue weighted by molar-refractivity contribution is 0.0842. The third-order valence-electron chi connectivity index (χ3n) is 7.36. The molecule has 0 saturated carbocycles. The summed E-state index contributed by atoms with van der Waals surface area (Å²) < 4.78 is 23.0. The zero-order valence-electron chi connectivity index (χ0n) is 23.1. The summed E-state index contributed by atoms with van der Waals surface area (Å²) in [6.45, 7) is 14.2. The molecule has 1 atom stereocenters. The number of carbonyl (C=O) groups is 1. The number of ether oxygens (including phenoxy) is 1. The van der Waals surface area contributed by atoms with Crippen LogP contribution in [0.2, 0.25) is 0 Å². The fourth-order valence-corrected chi connectivity index (χ4v) is 4.67. The second-order valence-electron chi connectivity index (χ2n) is 10.2. The first-order valence-electron chi connectivity index (χ1n) is 13.3. The molecule has 0 spiro atoms. The summed E-state index contributed by atoms with van der Waals surface area (Å²) in [5.41, 5.74) is 3.98. The van der Waals surface area contributed by atoms with Crippen LogP contribution in [-0.2, 0) is 27.0 Å². The summed E-state index contributed by atoms with van der Waals surface area (Å²) in [7, 11) is -0.437. The van der Waals surface area contributed by atoms with Crippen molar-refractivity contribution < 1.29 is 23.3 Å². The van der Waals surface area contributed by atoms with E-state index in [1.807, 2.05) is 70.2 Å².